The van der Waals surface area contributed by atoms with E-state index in [2.05, 4.69) is 46.1 Å². The van der Waals surface area contributed by atoms with Gasteiger partial charge < -0.3 is 33.4 Å². The number of carbonyl (C=O) groups is 1. The van der Waals surface area contributed by atoms with Gasteiger partial charge in [0.25, 0.3) is 0 Å². The van der Waals surface area contributed by atoms with Crippen molar-refractivity contribution in [1.82, 2.24) is 5.32 Å². The summed E-state index contributed by atoms with van der Waals surface area (Å²) in [7, 11) is -5.74. The summed E-state index contributed by atoms with van der Waals surface area (Å²) in [6.45, 7) is 18.4. The first-order valence-corrected chi connectivity index (χ1v) is 23.6. The molecule has 0 radical (unpaired) electrons. The van der Waals surface area contributed by atoms with Crippen LogP contribution in [0.4, 0.5) is 4.79 Å². The molecular formula is C39H65NO9SSi. The van der Waals surface area contributed by atoms with E-state index in [1.165, 1.54) is 12.8 Å². The Kier molecular flexibility index (Phi) is 14.4. The Balaban J connectivity index is 1.45. The minimum Gasteiger partial charge on any atom is -0.447 e. The third kappa shape index (κ3) is 11.4. The van der Waals surface area contributed by atoms with Gasteiger partial charge in [0.1, 0.15) is 12.1 Å². The van der Waals surface area contributed by atoms with Crippen molar-refractivity contribution in [2.75, 3.05) is 26.4 Å². The maximum atomic E-state index is 14.0. The number of ether oxygens (including phenoxy) is 5. The van der Waals surface area contributed by atoms with Gasteiger partial charge in [0.05, 0.1) is 42.2 Å². The van der Waals surface area contributed by atoms with Crippen LogP contribution in [0.2, 0.25) is 18.1 Å². The number of benzene rings is 1. The number of rotatable bonds is 19. The fourth-order valence-electron chi connectivity index (χ4n) is 6.92. The first-order valence-electron chi connectivity index (χ1n) is 19.1. The van der Waals surface area contributed by atoms with Crippen LogP contribution in [0.15, 0.2) is 47.4 Å². The number of carbonyl (C=O) groups excluding carboxylic acids is 1. The zero-order valence-electron chi connectivity index (χ0n) is 32.5. The van der Waals surface area contributed by atoms with E-state index in [9.17, 15) is 13.2 Å². The van der Waals surface area contributed by atoms with Crippen LogP contribution < -0.4 is 5.32 Å². The molecule has 0 spiro atoms. The summed E-state index contributed by atoms with van der Waals surface area (Å²) in [6, 6.07) is 8.72. The quantitative estimate of drug-likeness (QED) is 0.0844. The van der Waals surface area contributed by atoms with Gasteiger partial charge in [-0.05, 0) is 69.8 Å². The lowest BCUT2D eigenvalue weighted by Crippen LogP contribution is -2.64. The fourth-order valence-corrected chi connectivity index (χ4v) is 9.73. The molecule has 0 bridgehead atoms. The number of sulfone groups is 1. The molecule has 0 saturated carbocycles. The van der Waals surface area contributed by atoms with Crippen molar-refractivity contribution >= 4 is 24.2 Å². The third-order valence-corrected chi connectivity index (χ3v) is 17.8. The molecule has 3 aliphatic heterocycles. The van der Waals surface area contributed by atoms with Crippen molar-refractivity contribution in [2.45, 2.75) is 170 Å². The Morgan fingerprint density at radius 3 is 2.27 bits per heavy atom. The first-order chi connectivity index (χ1) is 23.9. The molecule has 1 aromatic rings. The molecule has 3 fully saturated rings. The standard InChI is InChI=1S/C39H65NO9SSi/c1-9-10-11-16-24-39(45-26-27-46-39)25-17-15-22-33(50(42,43)32-20-13-12-14-21-32)23-18-19-31-28-34(49-37(5,6)48-31)38(29-44-35(41)40-38)30-47-51(7,8)36(2,3)4/h12-14,18-21,31,33-34H,9-11,15-17,22-30H2,1-8H3,(H,40,41)/b19-18+. The lowest BCUT2D eigenvalue weighted by atomic mass is 9.89. The van der Waals surface area contributed by atoms with Gasteiger partial charge in [-0.2, -0.15) is 0 Å². The van der Waals surface area contributed by atoms with Crippen molar-refractivity contribution in [3.63, 3.8) is 0 Å². The molecule has 1 aromatic carbocycles. The minimum atomic E-state index is -3.59. The van der Waals surface area contributed by atoms with E-state index in [1.807, 2.05) is 32.1 Å². The summed E-state index contributed by atoms with van der Waals surface area (Å²) in [5, 5.41) is 2.42. The predicted octanol–water partition coefficient (Wildman–Crippen LogP) is 8.46. The van der Waals surface area contributed by atoms with Crippen molar-refractivity contribution in [1.29, 1.82) is 0 Å². The summed E-state index contributed by atoms with van der Waals surface area (Å²) in [4.78, 5) is 12.8. The van der Waals surface area contributed by atoms with E-state index < -0.39 is 52.7 Å². The molecule has 1 amide bonds. The number of nitrogens with one attached hydrogen (secondary N) is 1. The largest absolute Gasteiger partial charge is 0.447 e. The molecule has 3 heterocycles. The molecule has 3 aliphatic rings. The summed E-state index contributed by atoms with van der Waals surface area (Å²) >= 11 is 0. The maximum absolute atomic E-state index is 14.0. The second-order valence-electron chi connectivity index (χ2n) is 16.6. The van der Waals surface area contributed by atoms with Crippen molar-refractivity contribution in [3.8, 4) is 0 Å². The van der Waals surface area contributed by atoms with Gasteiger partial charge in [-0.1, -0.05) is 83.7 Å². The van der Waals surface area contributed by atoms with Gasteiger partial charge in [-0.3, -0.25) is 0 Å². The molecule has 290 valence electrons. The second kappa shape index (κ2) is 17.6. The lowest BCUT2D eigenvalue weighted by molar-refractivity contribution is -0.303. The van der Waals surface area contributed by atoms with Crippen LogP contribution in [0.1, 0.15) is 112 Å². The summed E-state index contributed by atoms with van der Waals surface area (Å²) in [5.74, 6) is -1.50. The number of hydrogen-bond donors (Lipinski definition) is 1. The van der Waals surface area contributed by atoms with Gasteiger partial charge in [0.2, 0.25) is 0 Å². The van der Waals surface area contributed by atoms with E-state index in [1.54, 1.807) is 24.3 Å². The van der Waals surface area contributed by atoms with Crippen molar-refractivity contribution < 1.29 is 41.3 Å². The molecule has 4 rings (SSSR count). The predicted molar refractivity (Wildman–Crippen MR) is 202 cm³/mol. The number of hydrogen-bond acceptors (Lipinski definition) is 9. The Morgan fingerprint density at radius 2 is 1.67 bits per heavy atom. The molecule has 0 aromatic heterocycles. The molecule has 4 unspecified atom stereocenters. The van der Waals surface area contributed by atoms with Crippen molar-refractivity contribution in [3.05, 3.63) is 42.5 Å². The number of alkyl carbamates (subject to hydrolysis) is 1. The molecule has 1 N–H and O–H groups in total. The second-order valence-corrected chi connectivity index (χ2v) is 23.6. The molecule has 10 nitrogen and oxygen atoms in total. The maximum Gasteiger partial charge on any atom is 0.407 e. The Labute approximate surface area is 308 Å². The van der Waals surface area contributed by atoms with E-state index in [0.717, 1.165) is 38.5 Å². The van der Waals surface area contributed by atoms with Gasteiger partial charge in [-0.25, -0.2) is 13.2 Å². The Morgan fingerprint density at radius 1 is 1.00 bits per heavy atom. The zero-order chi connectivity index (χ0) is 37.4. The zero-order valence-corrected chi connectivity index (χ0v) is 34.3. The van der Waals surface area contributed by atoms with Crippen molar-refractivity contribution in [2.24, 2.45) is 0 Å². The number of cyclic esters (lactones) is 1. The van der Waals surface area contributed by atoms with Gasteiger partial charge in [0, 0.05) is 19.3 Å². The summed E-state index contributed by atoms with van der Waals surface area (Å²) < 4.78 is 65.0. The Bertz CT molecular complexity index is 1390. The highest BCUT2D eigenvalue weighted by atomic mass is 32.2. The molecule has 12 heteroatoms. The molecule has 0 aliphatic carbocycles. The van der Waals surface area contributed by atoms with Gasteiger partial charge >= 0.3 is 6.09 Å². The highest BCUT2D eigenvalue weighted by Gasteiger charge is 2.53. The average molecular weight is 752 g/mol. The van der Waals surface area contributed by atoms with Crippen LogP contribution in [-0.4, -0.2) is 83.8 Å². The monoisotopic (exact) mass is 751 g/mol. The first kappa shape index (κ1) is 41.9. The smallest absolute Gasteiger partial charge is 0.407 e. The molecule has 51 heavy (non-hydrogen) atoms. The summed E-state index contributed by atoms with van der Waals surface area (Å²) in [6.07, 6.45) is 11.7. The molecule has 4 atom stereocenters. The third-order valence-electron chi connectivity index (χ3n) is 11.1. The SMILES string of the molecule is CCCCCCC1(CCCCC(C/C=C/C2CC(C3(CO[Si](C)(C)C(C)(C)C)COC(=O)N3)OC(C)(C)O2)S(=O)(=O)c2ccccc2)OCCO1. The van der Waals surface area contributed by atoms with Crippen LogP contribution in [0, 0.1) is 0 Å². The highest BCUT2D eigenvalue weighted by molar-refractivity contribution is 7.92. The average Bonchev–Trinajstić information content (AvgIpc) is 3.70. The van der Waals surface area contributed by atoms with Gasteiger partial charge in [0.15, 0.2) is 29.7 Å². The van der Waals surface area contributed by atoms with Crippen LogP contribution in [0.5, 0.6) is 0 Å². The topological polar surface area (TPSA) is 119 Å². The highest BCUT2D eigenvalue weighted by Crippen LogP contribution is 2.40. The van der Waals surface area contributed by atoms with E-state index in [4.69, 9.17) is 28.1 Å². The van der Waals surface area contributed by atoms with Crippen LogP contribution in [0.25, 0.3) is 0 Å². The van der Waals surface area contributed by atoms with E-state index >= 15 is 0 Å². The number of allylic oxidation sites excluding steroid dienone is 1. The fraction of sp³-hybridized carbons (Fsp3) is 0.769. The molecule has 3 saturated heterocycles. The molecular weight excluding hydrogens is 687 g/mol. The van der Waals surface area contributed by atoms with E-state index in [-0.39, 0.29) is 24.4 Å². The van der Waals surface area contributed by atoms with Crippen LogP contribution in [0.3, 0.4) is 0 Å². The number of amides is 1. The Hall–Kier alpha value is -1.80. The number of unbranched alkanes of at least 4 members (excludes halogenated alkanes) is 4. The van der Waals surface area contributed by atoms with Crippen LogP contribution in [-0.2, 0) is 37.9 Å². The lowest BCUT2D eigenvalue weighted by Gasteiger charge is -2.47. The minimum absolute atomic E-state index is 0.0108. The van der Waals surface area contributed by atoms with E-state index in [0.29, 0.717) is 37.4 Å². The van der Waals surface area contributed by atoms with Crippen LogP contribution >= 0.6 is 0 Å². The van der Waals surface area contributed by atoms with Gasteiger partial charge in [-0.15, -0.1) is 0 Å². The summed E-state index contributed by atoms with van der Waals surface area (Å²) in [5.41, 5.74) is -0.876. The normalized spacial score (nSPS) is 25.9.